The minimum absolute atomic E-state index is 0.457. The van der Waals surface area contributed by atoms with Crippen molar-refractivity contribution in [1.82, 2.24) is 5.32 Å². The molecule has 0 saturated heterocycles. The predicted octanol–water partition coefficient (Wildman–Crippen LogP) is 0.871. The third-order valence-electron chi connectivity index (χ3n) is 1.98. The van der Waals surface area contributed by atoms with E-state index >= 15 is 0 Å². The van der Waals surface area contributed by atoms with Crippen molar-refractivity contribution >= 4 is 11.9 Å². The molecule has 0 aromatic rings. The van der Waals surface area contributed by atoms with Crippen molar-refractivity contribution in [2.45, 2.75) is 33.7 Å². The Morgan fingerprint density at radius 1 is 1.40 bits per heavy atom. The maximum atomic E-state index is 11.6. The number of carboxylic acid groups (broad SMARTS) is 1. The molecule has 0 rings (SSSR count). The van der Waals surface area contributed by atoms with Gasteiger partial charge in [0, 0.05) is 0 Å². The smallest absolute Gasteiger partial charge is 0.316 e. The quantitative estimate of drug-likeness (QED) is 0.537. The summed E-state index contributed by atoms with van der Waals surface area (Å²) in [6, 6.07) is -0.457. The summed E-state index contributed by atoms with van der Waals surface area (Å²) in [6.45, 7) is 6.73. The third kappa shape index (κ3) is 4.03. The Morgan fingerprint density at radius 3 is 2.13 bits per heavy atom. The zero-order valence-corrected chi connectivity index (χ0v) is 9.50. The second kappa shape index (κ2) is 4.83. The lowest BCUT2D eigenvalue weighted by Gasteiger charge is -2.26. The SMILES string of the molecule is C#CC(C)NC(=O)C(C(=O)O)C(C)(C)C. The fraction of sp³-hybridized carbons (Fsp3) is 0.636. The highest BCUT2D eigenvalue weighted by molar-refractivity contribution is 5.98. The summed E-state index contributed by atoms with van der Waals surface area (Å²) in [4.78, 5) is 22.6. The Morgan fingerprint density at radius 2 is 1.87 bits per heavy atom. The van der Waals surface area contributed by atoms with E-state index in [4.69, 9.17) is 11.5 Å². The van der Waals surface area contributed by atoms with Crippen LogP contribution in [0, 0.1) is 23.7 Å². The molecule has 0 saturated carbocycles. The first-order valence-corrected chi connectivity index (χ1v) is 4.69. The van der Waals surface area contributed by atoms with Crippen LogP contribution in [-0.2, 0) is 9.59 Å². The minimum Gasteiger partial charge on any atom is -0.481 e. The highest BCUT2D eigenvalue weighted by atomic mass is 16.4. The van der Waals surface area contributed by atoms with Crippen LogP contribution in [0.2, 0.25) is 0 Å². The summed E-state index contributed by atoms with van der Waals surface area (Å²) in [6.07, 6.45) is 5.09. The predicted molar refractivity (Wildman–Crippen MR) is 57.0 cm³/mol. The first-order valence-electron chi connectivity index (χ1n) is 4.69. The fourth-order valence-electron chi connectivity index (χ4n) is 1.21. The third-order valence-corrected chi connectivity index (χ3v) is 1.98. The van der Waals surface area contributed by atoms with Gasteiger partial charge >= 0.3 is 5.97 Å². The van der Waals surface area contributed by atoms with Crippen molar-refractivity contribution in [3.8, 4) is 12.3 Å². The molecule has 4 nitrogen and oxygen atoms in total. The van der Waals surface area contributed by atoms with E-state index in [1.54, 1.807) is 27.7 Å². The molecule has 0 aliphatic heterocycles. The van der Waals surface area contributed by atoms with E-state index in [-0.39, 0.29) is 0 Å². The maximum Gasteiger partial charge on any atom is 0.316 e. The van der Waals surface area contributed by atoms with Crippen molar-refractivity contribution in [3.05, 3.63) is 0 Å². The number of carbonyl (C=O) groups excluding carboxylic acids is 1. The second-order valence-electron chi connectivity index (χ2n) is 4.53. The van der Waals surface area contributed by atoms with Gasteiger partial charge < -0.3 is 10.4 Å². The molecule has 0 aromatic carbocycles. The maximum absolute atomic E-state index is 11.6. The highest BCUT2D eigenvalue weighted by Crippen LogP contribution is 2.26. The van der Waals surface area contributed by atoms with Crippen LogP contribution in [-0.4, -0.2) is 23.0 Å². The summed E-state index contributed by atoms with van der Waals surface area (Å²) >= 11 is 0. The van der Waals surface area contributed by atoms with E-state index in [9.17, 15) is 9.59 Å². The summed E-state index contributed by atoms with van der Waals surface area (Å²) in [7, 11) is 0. The van der Waals surface area contributed by atoms with Gasteiger partial charge in [-0.25, -0.2) is 0 Å². The molecule has 2 N–H and O–H groups in total. The molecule has 0 heterocycles. The van der Waals surface area contributed by atoms with E-state index in [0.29, 0.717) is 0 Å². The fourth-order valence-corrected chi connectivity index (χ4v) is 1.21. The standard InChI is InChI=1S/C11H17NO3/c1-6-7(2)12-9(13)8(10(14)15)11(3,4)5/h1,7-8H,2-5H3,(H,12,13)(H,14,15). The van der Waals surface area contributed by atoms with Crippen LogP contribution in [0.4, 0.5) is 0 Å². The molecule has 0 fully saturated rings. The van der Waals surface area contributed by atoms with Crippen molar-refractivity contribution in [2.75, 3.05) is 0 Å². The molecule has 15 heavy (non-hydrogen) atoms. The van der Waals surface area contributed by atoms with E-state index in [1.807, 2.05) is 0 Å². The molecule has 2 unspecified atom stereocenters. The van der Waals surface area contributed by atoms with Crippen molar-refractivity contribution < 1.29 is 14.7 Å². The lowest BCUT2D eigenvalue weighted by Crippen LogP contribution is -2.45. The Hall–Kier alpha value is -1.50. The molecule has 0 aromatic heterocycles. The lowest BCUT2D eigenvalue weighted by molar-refractivity contribution is -0.151. The van der Waals surface area contributed by atoms with Gasteiger partial charge in [0.15, 0.2) is 0 Å². The number of hydrogen-bond acceptors (Lipinski definition) is 2. The molecule has 1 amide bonds. The topological polar surface area (TPSA) is 66.4 Å². The first kappa shape index (κ1) is 13.5. The van der Waals surface area contributed by atoms with Crippen LogP contribution in [0.15, 0.2) is 0 Å². The Balaban J connectivity index is 4.75. The molecule has 0 bridgehead atoms. The summed E-state index contributed by atoms with van der Waals surface area (Å²) < 4.78 is 0. The van der Waals surface area contributed by atoms with Crippen LogP contribution < -0.4 is 5.32 Å². The lowest BCUT2D eigenvalue weighted by atomic mass is 9.80. The van der Waals surface area contributed by atoms with Gasteiger partial charge in [0.25, 0.3) is 0 Å². The van der Waals surface area contributed by atoms with Gasteiger partial charge in [0.2, 0.25) is 5.91 Å². The van der Waals surface area contributed by atoms with Crippen molar-refractivity contribution in [2.24, 2.45) is 11.3 Å². The number of amides is 1. The second-order valence-corrected chi connectivity index (χ2v) is 4.53. The zero-order valence-electron chi connectivity index (χ0n) is 9.50. The van der Waals surface area contributed by atoms with Gasteiger partial charge in [-0.2, -0.15) is 0 Å². The number of hydrogen-bond donors (Lipinski definition) is 2. The van der Waals surface area contributed by atoms with Gasteiger partial charge in [-0.1, -0.05) is 26.7 Å². The van der Waals surface area contributed by atoms with E-state index in [0.717, 1.165) is 0 Å². The number of carbonyl (C=O) groups is 2. The molecule has 2 atom stereocenters. The molecule has 0 radical (unpaired) electrons. The minimum atomic E-state index is -1.13. The number of nitrogens with one attached hydrogen (secondary N) is 1. The molecular formula is C11H17NO3. The van der Waals surface area contributed by atoms with Crippen molar-refractivity contribution in [1.29, 1.82) is 0 Å². The summed E-state index contributed by atoms with van der Waals surface area (Å²) in [5, 5.41) is 11.4. The van der Waals surface area contributed by atoms with E-state index in [2.05, 4.69) is 11.2 Å². The van der Waals surface area contributed by atoms with Crippen molar-refractivity contribution in [3.63, 3.8) is 0 Å². The first-order chi connectivity index (χ1) is 6.70. The Labute approximate surface area is 90.1 Å². The monoisotopic (exact) mass is 211 g/mol. The Bertz CT molecular complexity index is 296. The van der Waals surface area contributed by atoms with Crippen LogP contribution in [0.5, 0.6) is 0 Å². The number of terminal acetylenes is 1. The van der Waals surface area contributed by atoms with Gasteiger partial charge in [-0.3, -0.25) is 9.59 Å². The molecule has 0 spiro atoms. The average Bonchev–Trinajstić information content (AvgIpc) is 1.99. The summed E-state index contributed by atoms with van der Waals surface area (Å²) in [5.74, 6) is -0.450. The van der Waals surface area contributed by atoms with Gasteiger partial charge in [0.1, 0.15) is 5.92 Å². The summed E-state index contributed by atoms with van der Waals surface area (Å²) in [5.41, 5.74) is -0.635. The van der Waals surface area contributed by atoms with Crippen LogP contribution >= 0.6 is 0 Å². The molecule has 84 valence electrons. The van der Waals surface area contributed by atoms with Crippen LogP contribution in [0.1, 0.15) is 27.7 Å². The van der Waals surface area contributed by atoms with Gasteiger partial charge in [-0.15, -0.1) is 6.42 Å². The van der Waals surface area contributed by atoms with Gasteiger partial charge in [-0.05, 0) is 12.3 Å². The normalized spacial score (nSPS) is 14.9. The average molecular weight is 211 g/mol. The number of aliphatic carboxylic acids is 1. The molecular weight excluding hydrogens is 194 g/mol. The number of carboxylic acids is 1. The highest BCUT2D eigenvalue weighted by Gasteiger charge is 2.37. The molecule has 0 aliphatic rings. The molecule has 4 heteroatoms. The van der Waals surface area contributed by atoms with Gasteiger partial charge in [0.05, 0.1) is 6.04 Å². The molecule has 0 aliphatic carbocycles. The van der Waals surface area contributed by atoms with Crippen LogP contribution in [0.3, 0.4) is 0 Å². The van der Waals surface area contributed by atoms with Crippen LogP contribution in [0.25, 0.3) is 0 Å². The Kier molecular flexibility index (Phi) is 4.35. The largest absolute Gasteiger partial charge is 0.481 e. The number of rotatable bonds is 3. The van der Waals surface area contributed by atoms with E-state index in [1.165, 1.54) is 0 Å². The van der Waals surface area contributed by atoms with E-state index < -0.39 is 29.3 Å². The zero-order chi connectivity index (χ0) is 12.2.